The number of piperidine rings is 3. The van der Waals surface area contributed by atoms with E-state index >= 15 is 0 Å². The lowest BCUT2D eigenvalue weighted by Gasteiger charge is -2.48. The van der Waals surface area contributed by atoms with Crippen molar-refractivity contribution in [2.45, 2.75) is 19.3 Å². The Morgan fingerprint density at radius 2 is 1.95 bits per heavy atom. The fourth-order valence-electron chi connectivity index (χ4n) is 3.57. The molecule has 0 aromatic heterocycles. The molecule has 2 bridgehead atoms. The highest BCUT2D eigenvalue weighted by Gasteiger charge is 2.40. The number of ether oxygens (including phenoxy) is 1. The Labute approximate surface area is 114 Å². The fourth-order valence-corrected chi connectivity index (χ4v) is 3.57. The summed E-state index contributed by atoms with van der Waals surface area (Å²) in [5.74, 6) is 1.97. The molecule has 1 aromatic rings. The number of methoxy groups -OCH3 is 1. The first-order valence-electron chi connectivity index (χ1n) is 7.23. The van der Waals surface area contributed by atoms with Crippen molar-refractivity contribution in [3.05, 3.63) is 29.8 Å². The van der Waals surface area contributed by atoms with Crippen molar-refractivity contribution in [2.75, 3.05) is 33.3 Å². The number of nitrogens with zero attached hydrogens (tertiary/aromatic N) is 1. The zero-order valence-corrected chi connectivity index (χ0v) is 11.6. The van der Waals surface area contributed by atoms with Gasteiger partial charge in [0, 0.05) is 5.56 Å². The Hall–Kier alpha value is -1.35. The maximum atomic E-state index is 12.5. The summed E-state index contributed by atoms with van der Waals surface area (Å²) < 4.78 is 6.22. The number of quaternary nitrogens is 1. The fraction of sp³-hybridized carbons (Fsp3) is 0.562. The van der Waals surface area contributed by atoms with Gasteiger partial charge in [-0.05, 0) is 37.3 Å². The van der Waals surface area contributed by atoms with E-state index < -0.39 is 0 Å². The van der Waals surface area contributed by atoms with Gasteiger partial charge in [-0.15, -0.1) is 0 Å². The SMILES string of the molecule is COc1cccc(C(=O)C[N+]23CCC(CC2)CC3)c1. The molecule has 3 aliphatic rings. The number of hydrogen-bond donors (Lipinski definition) is 0. The lowest BCUT2D eigenvalue weighted by atomic mass is 9.85. The van der Waals surface area contributed by atoms with E-state index in [4.69, 9.17) is 4.74 Å². The lowest BCUT2D eigenvalue weighted by molar-refractivity contribution is -0.935. The van der Waals surface area contributed by atoms with Gasteiger partial charge in [0.25, 0.3) is 0 Å². The second-order valence-corrected chi connectivity index (χ2v) is 6.06. The molecule has 102 valence electrons. The molecule has 0 amide bonds. The average Bonchev–Trinajstić information content (AvgIpc) is 2.49. The number of ketones is 1. The van der Waals surface area contributed by atoms with E-state index in [1.54, 1.807) is 7.11 Å². The normalized spacial score (nSPS) is 29.2. The summed E-state index contributed by atoms with van der Waals surface area (Å²) in [7, 11) is 1.64. The van der Waals surface area contributed by atoms with Gasteiger partial charge in [0.1, 0.15) is 12.3 Å². The molecule has 19 heavy (non-hydrogen) atoms. The minimum Gasteiger partial charge on any atom is -0.497 e. The van der Waals surface area contributed by atoms with Crippen LogP contribution in [0.5, 0.6) is 5.75 Å². The summed E-state index contributed by atoms with van der Waals surface area (Å²) in [4.78, 5) is 12.5. The maximum Gasteiger partial charge on any atom is 0.217 e. The maximum absolute atomic E-state index is 12.5. The van der Waals surface area contributed by atoms with Crippen LogP contribution >= 0.6 is 0 Å². The van der Waals surface area contributed by atoms with Gasteiger partial charge in [-0.25, -0.2) is 0 Å². The number of rotatable bonds is 4. The summed E-state index contributed by atoms with van der Waals surface area (Å²) in [5.41, 5.74) is 0.791. The number of hydrogen-bond acceptors (Lipinski definition) is 2. The van der Waals surface area contributed by atoms with Crippen LogP contribution in [0.15, 0.2) is 24.3 Å². The van der Waals surface area contributed by atoms with Crippen LogP contribution in [-0.2, 0) is 0 Å². The third-order valence-corrected chi connectivity index (χ3v) is 4.91. The van der Waals surface area contributed by atoms with Crippen LogP contribution in [-0.4, -0.2) is 43.6 Å². The van der Waals surface area contributed by atoms with Crippen molar-refractivity contribution in [3.63, 3.8) is 0 Å². The third-order valence-electron chi connectivity index (χ3n) is 4.91. The van der Waals surface area contributed by atoms with Crippen LogP contribution in [0.3, 0.4) is 0 Å². The molecule has 0 atom stereocenters. The average molecular weight is 260 g/mol. The molecular formula is C16H22NO2+. The Balaban J connectivity index is 1.73. The number of carbonyl (C=O) groups is 1. The van der Waals surface area contributed by atoms with Gasteiger partial charge in [0.15, 0.2) is 0 Å². The van der Waals surface area contributed by atoms with Crippen molar-refractivity contribution in [1.82, 2.24) is 0 Å². The summed E-state index contributed by atoms with van der Waals surface area (Å²) in [6.45, 7) is 4.25. The standard InChI is InChI=1S/C16H22NO2/c1-19-15-4-2-3-14(11-15)16(18)12-17-8-5-13(6-9-17)7-10-17/h2-4,11,13H,5-10,12H2,1H3/q+1. The quantitative estimate of drug-likeness (QED) is 0.614. The van der Waals surface area contributed by atoms with Crippen LogP contribution in [0.4, 0.5) is 0 Å². The van der Waals surface area contributed by atoms with Gasteiger partial charge in [0.05, 0.1) is 26.7 Å². The number of fused-ring (bicyclic) bond motifs is 3. The van der Waals surface area contributed by atoms with Gasteiger partial charge >= 0.3 is 0 Å². The van der Waals surface area contributed by atoms with E-state index in [2.05, 4.69) is 0 Å². The molecular weight excluding hydrogens is 238 g/mol. The first-order valence-corrected chi connectivity index (χ1v) is 7.23. The highest BCUT2D eigenvalue weighted by molar-refractivity contribution is 5.97. The molecule has 3 aliphatic heterocycles. The highest BCUT2D eigenvalue weighted by Crippen LogP contribution is 2.33. The van der Waals surface area contributed by atoms with E-state index in [1.165, 1.54) is 38.9 Å². The third kappa shape index (κ3) is 2.52. The molecule has 3 heteroatoms. The second kappa shape index (κ2) is 4.97. The predicted molar refractivity (Wildman–Crippen MR) is 74.4 cm³/mol. The predicted octanol–water partition coefficient (Wildman–Crippen LogP) is 2.51. The molecule has 3 saturated heterocycles. The minimum atomic E-state index is 0.263. The summed E-state index contributed by atoms with van der Waals surface area (Å²) >= 11 is 0. The first-order chi connectivity index (χ1) is 9.21. The number of carbonyl (C=O) groups excluding carboxylic acids is 1. The monoisotopic (exact) mass is 260 g/mol. The first kappa shape index (κ1) is 12.7. The van der Waals surface area contributed by atoms with Gasteiger partial charge in [-0.1, -0.05) is 12.1 Å². The molecule has 0 aliphatic carbocycles. The molecule has 0 saturated carbocycles. The summed E-state index contributed by atoms with van der Waals surface area (Å²) in [6, 6.07) is 7.54. The lowest BCUT2D eigenvalue weighted by Crippen LogP contribution is -2.60. The van der Waals surface area contributed by atoms with Crippen molar-refractivity contribution >= 4 is 5.78 Å². The van der Waals surface area contributed by atoms with Gasteiger partial charge in [-0.3, -0.25) is 4.79 Å². The number of benzene rings is 1. The molecule has 3 heterocycles. The molecule has 3 fully saturated rings. The Morgan fingerprint density at radius 1 is 1.26 bits per heavy atom. The second-order valence-electron chi connectivity index (χ2n) is 6.06. The van der Waals surface area contributed by atoms with E-state index in [-0.39, 0.29) is 5.78 Å². The molecule has 3 nitrogen and oxygen atoms in total. The highest BCUT2D eigenvalue weighted by atomic mass is 16.5. The topological polar surface area (TPSA) is 26.3 Å². The van der Waals surface area contributed by atoms with Crippen LogP contribution in [0.1, 0.15) is 29.6 Å². The zero-order valence-electron chi connectivity index (χ0n) is 11.6. The van der Waals surface area contributed by atoms with Crippen molar-refractivity contribution < 1.29 is 14.0 Å². The van der Waals surface area contributed by atoms with Crippen molar-refractivity contribution in [3.8, 4) is 5.75 Å². The van der Waals surface area contributed by atoms with E-state index in [0.717, 1.165) is 21.7 Å². The molecule has 0 unspecified atom stereocenters. The van der Waals surface area contributed by atoms with E-state index in [9.17, 15) is 4.79 Å². The van der Waals surface area contributed by atoms with Crippen molar-refractivity contribution in [2.24, 2.45) is 5.92 Å². The largest absolute Gasteiger partial charge is 0.497 e. The van der Waals surface area contributed by atoms with Gasteiger partial charge in [0.2, 0.25) is 5.78 Å². The van der Waals surface area contributed by atoms with Crippen LogP contribution in [0.25, 0.3) is 0 Å². The summed E-state index contributed by atoms with van der Waals surface area (Å²) in [6.07, 6.45) is 3.93. The van der Waals surface area contributed by atoms with Crippen molar-refractivity contribution in [1.29, 1.82) is 0 Å². The smallest absolute Gasteiger partial charge is 0.217 e. The molecule has 0 N–H and O–H groups in total. The van der Waals surface area contributed by atoms with Crippen LogP contribution in [0, 0.1) is 5.92 Å². The van der Waals surface area contributed by atoms with E-state index in [0.29, 0.717) is 6.54 Å². The van der Waals surface area contributed by atoms with E-state index in [1.807, 2.05) is 24.3 Å². The molecule has 0 spiro atoms. The Bertz CT molecular complexity index is 462. The number of Topliss-reactive ketones (excluding diaryl/α,β-unsaturated/α-hetero) is 1. The molecule has 0 radical (unpaired) electrons. The van der Waals surface area contributed by atoms with Crippen LogP contribution < -0.4 is 4.74 Å². The Morgan fingerprint density at radius 3 is 2.58 bits per heavy atom. The molecule has 1 aromatic carbocycles. The summed E-state index contributed by atoms with van der Waals surface area (Å²) in [5, 5.41) is 0. The van der Waals surface area contributed by atoms with Gasteiger partial charge in [-0.2, -0.15) is 0 Å². The minimum absolute atomic E-state index is 0.263. The Kier molecular flexibility index (Phi) is 3.31. The molecule has 4 rings (SSSR count). The van der Waals surface area contributed by atoms with Crippen LogP contribution in [0.2, 0.25) is 0 Å². The zero-order chi connectivity index (χ0) is 13.3. The van der Waals surface area contributed by atoms with Gasteiger partial charge < -0.3 is 9.22 Å².